The number of carbonyl (C=O) groups excluding carboxylic acids is 1. The molecule has 1 saturated carbocycles. The van der Waals surface area contributed by atoms with E-state index in [0.29, 0.717) is 26.5 Å². The van der Waals surface area contributed by atoms with Gasteiger partial charge < -0.3 is 5.32 Å². The van der Waals surface area contributed by atoms with Crippen LogP contribution in [-0.2, 0) is 0 Å². The van der Waals surface area contributed by atoms with Crippen molar-refractivity contribution in [1.29, 1.82) is 0 Å². The topological polar surface area (TPSA) is 64.0 Å². The highest BCUT2D eigenvalue weighted by Crippen LogP contribution is 2.34. The minimum absolute atomic E-state index is 0.0580. The van der Waals surface area contributed by atoms with E-state index in [-0.39, 0.29) is 17.5 Å². The number of benzene rings is 1. The van der Waals surface area contributed by atoms with Gasteiger partial charge in [-0.1, -0.05) is 17.7 Å². The van der Waals surface area contributed by atoms with Gasteiger partial charge in [0.2, 0.25) is 0 Å². The van der Waals surface area contributed by atoms with Crippen molar-refractivity contribution in [3.63, 3.8) is 0 Å². The summed E-state index contributed by atoms with van der Waals surface area (Å²) in [5, 5.41) is 3.37. The molecule has 24 heavy (non-hydrogen) atoms. The number of hydrogen-bond acceptors (Lipinski definition) is 4. The van der Waals surface area contributed by atoms with Gasteiger partial charge in [-0.05, 0) is 38.0 Å². The van der Waals surface area contributed by atoms with Crippen LogP contribution in [0.3, 0.4) is 0 Å². The zero-order valence-corrected chi connectivity index (χ0v) is 14.4. The fourth-order valence-electron chi connectivity index (χ4n) is 2.73. The van der Waals surface area contributed by atoms with Gasteiger partial charge in [0.25, 0.3) is 11.5 Å². The molecule has 5 nitrogen and oxygen atoms in total. The second kappa shape index (κ2) is 5.72. The smallest absolute Gasteiger partial charge is 0.271 e. The Morgan fingerprint density at radius 2 is 2.21 bits per heavy atom. The number of halogens is 1. The van der Waals surface area contributed by atoms with Crippen molar-refractivity contribution in [3.8, 4) is 0 Å². The summed E-state index contributed by atoms with van der Waals surface area (Å²) in [5.74, 6) is -0.280. The molecule has 1 N–H and O–H groups in total. The number of aryl methyl sites for hydroxylation is 1. The molecule has 7 heteroatoms. The molecule has 4 rings (SSSR count). The Balaban J connectivity index is 1.76. The Kier molecular flexibility index (Phi) is 3.66. The summed E-state index contributed by atoms with van der Waals surface area (Å²) in [7, 11) is 0. The number of hydrogen-bond donors (Lipinski definition) is 1. The van der Waals surface area contributed by atoms with Gasteiger partial charge in [-0.2, -0.15) is 0 Å². The van der Waals surface area contributed by atoms with Crippen LogP contribution in [-0.4, -0.2) is 15.5 Å². The molecule has 0 spiro atoms. The first-order valence-electron chi connectivity index (χ1n) is 7.62. The van der Waals surface area contributed by atoms with Gasteiger partial charge in [-0.3, -0.25) is 14.2 Å². The highest BCUT2D eigenvalue weighted by atomic mass is 35.5. The standard InChI is InChI=1S/C17H14ClN3O2S/c1-9-13(16(22)20-11-4-2-3-10(18)7-11)14-15(24-9)17(23)21(8-19-14)12-5-6-12/h2-4,7-8,12H,5-6H2,1H3,(H,20,22). The molecule has 0 radical (unpaired) electrons. The van der Waals surface area contributed by atoms with Crippen LogP contribution in [0.5, 0.6) is 0 Å². The summed E-state index contributed by atoms with van der Waals surface area (Å²) in [6, 6.07) is 7.21. The van der Waals surface area contributed by atoms with Crippen molar-refractivity contribution in [1.82, 2.24) is 9.55 Å². The van der Waals surface area contributed by atoms with Gasteiger partial charge >= 0.3 is 0 Å². The average Bonchev–Trinajstić information content (AvgIpc) is 3.30. The van der Waals surface area contributed by atoms with Gasteiger partial charge in [-0.25, -0.2) is 4.98 Å². The highest BCUT2D eigenvalue weighted by Gasteiger charge is 2.27. The summed E-state index contributed by atoms with van der Waals surface area (Å²) in [5.41, 5.74) is 1.48. The minimum atomic E-state index is -0.280. The fourth-order valence-corrected chi connectivity index (χ4v) is 3.96. The SMILES string of the molecule is Cc1sc2c(=O)n(C3CC3)cnc2c1C(=O)Nc1cccc(Cl)c1. The number of thiophene rings is 1. The summed E-state index contributed by atoms with van der Waals surface area (Å²) in [4.78, 5) is 30.4. The molecule has 1 aromatic carbocycles. The first-order valence-corrected chi connectivity index (χ1v) is 8.81. The normalized spacial score (nSPS) is 14.1. The molecular weight excluding hydrogens is 346 g/mol. The van der Waals surface area contributed by atoms with Crippen molar-refractivity contribution in [2.75, 3.05) is 5.32 Å². The van der Waals surface area contributed by atoms with Crippen LogP contribution in [0.1, 0.15) is 34.1 Å². The molecule has 0 aliphatic heterocycles. The van der Waals surface area contributed by atoms with Crippen LogP contribution >= 0.6 is 22.9 Å². The molecule has 1 aliphatic rings. The van der Waals surface area contributed by atoms with E-state index in [2.05, 4.69) is 10.3 Å². The van der Waals surface area contributed by atoms with Gasteiger partial charge in [0.1, 0.15) is 10.2 Å². The molecule has 1 fully saturated rings. The zero-order chi connectivity index (χ0) is 16.8. The molecule has 1 amide bonds. The maximum absolute atomic E-state index is 12.7. The summed E-state index contributed by atoms with van der Waals surface area (Å²) in [6.45, 7) is 1.83. The van der Waals surface area contributed by atoms with Gasteiger partial charge in [-0.15, -0.1) is 11.3 Å². The lowest BCUT2D eigenvalue weighted by Crippen LogP contribution is -2.19. The molecule has 1 aliphatic carbocycles. The lowest BCUT2D eigenvalue weighted by Gasteiger charge is -2.06. The predicted octanol–water partition coefficient (Wildman–Crippen LogP) is 4.01. The third-order valence-corrected chi connectivity index (χ3v) is 5.37. The van der Waals surface area contributed by atoms with Crippen LogP contribution < -0.4 is 10.9 Å². The largest absolute Gasteiger partial charge is 0.322 e. The molecule has 2 heterocycles. The van der Waals surface area contributed by atoms with Gasteiger partial charge in [0.15, 0.2) is 0 Å². The number of aromatic nitrogens is 2. The first-order chi connectivity index (χ1) is 11.5. The van der Waals surface area contributed by atoms with E-state index < -0.39 is 0 Å². The van der Waals surface area contributed by atoms with Crippen LogP contribution in [0.15, 0.2) is 35.4 Å². The van der Waals surface area contributed by atoms with E-state index in [4.69, 9.17) is 11.6 Å². The number of carbonyl (C=O) groups is 1. The van der Waals surface area contributed by atoms with Gasteiger partial charge in [0, 0.05) is 21.6 Å². The Labute approximate surface area is 146 Å². The van der Waals surface area contributed by atoms with Crippen molar-refractivity contribution in [2.24, 2.45) is 0 Å². The van der Waals surface area contributed by atoms with Crippen molar-refractivity contribution < 1.29 is 4.79 Å². The Morgan fingerprint density at radius 3 is 2.92 bits per heavy atom. The lowest BCUT2D eigenvalue weighted by atomic mass is 10.2. The van der Waals surface area contributed by atoms with Crippen molar-refractivity contribution in [3.05, 3.63) is 56.4 Å². The quantitative estimate of drug-likeness (QED) is 0.768. The Morgan fingerprint density at radius 1 is 1.42 bits per heavy atom. The molecule has 0 saturated heterocycles. The second-order valence-electron chi connectivity index (χ2n) is 5.86. The van der Waals surface area contributed by atoms with E-state index in [9.17, 15) is 9.59 Å². The number of fused-ring (bicyclic) bond motifs is 1. The molecule has 0 unspecified atom stereocenters. The van der Waals surface area contributed by atoms with E-state index in [1.165, 1.54) is 11.3 Å². The molecule has 0 atom stereocenters. The minimum Gasteiger partial charge on any atom is -0.322 e. The maximum atomic E-state index is 12.7. The van der Waals surface area contributed by atoms with Crippen LogP contribution in [0, 0.1) is 6.92 Å². The Hall–Kier alpha value is -2.18. The Bertz CT molecular complexity index is 1020. The van der Waals surface area contributed by atoms with Crippen LogP contribution in [0.2, 0.25) is 5.02 Å². The van der Waals surface area contributed by atoms with E-state index in [1.54, 1.807) is 35.2 Å². The molecule has 122 valence electrons. The van der Waals surface area contributed by atoms with Gasteiger partial charge in [0.05, 0.1) is 11.9 Å². The van der Waals surface area contributed by atoms with E-state index in [0.717, 1.165) is 17.7 Å². The second-order valence-corrected chi connectivity index (χ2v) is 7.52. The van der Waals surface area contributed by atoms with E-state index >= 15 is 0 Å². The van der Waals surface area contributed by atoms with Crippen LogP contribution in [0.4, 0.5) is 5.69 Å². The number of anilines is 1. The lowest BCUT2D eigenvalue weighted by molar-refractivity contribution is 0.102. The number of nitrogens with one attached hydrogen (secondary N) is 1. The van der Waals surface area contributed by atoms with E-state index in [1.807, 2.05) is 6.92 Å². The molecule has 2 aromatic heterocycles. The average molecular weight is 360 g/mol. The highest BCUT2D eigenvalue weighted by molar-refractivity contribution is 7.19. The predicted molar refractivity (Wildman–Crippen MR) is 96.3 cm³/mol. The van der Waals surface area contributed by atoms with Crippen molar-refractivity contribution in [2.45, 2.75) is 25.8 Å². The molecular formula is C17H14ClN3O2S. The molecule has 3 aromatic rings. The number of nitrogens with zero attached hydrogens (tertiary/aromatic N) is 2. The number of amides is 1. The summed E-state index contributed by atoms with van der Waals surface area (Å²) >= 11 is 7.27. The summed E-state index contributed by atoms with van der Waals surface area (Å²) in [6.07, 6.45) is 3.59. The third-order valence-electron chi connectivity index (χ3n) is 4.05. The van der Waals surface area contributed by atoms with Crippen LogP contribution in [0.25, 0.3) is 10.2 Å². The fraction of sp³-hybridized carbons (Fsp3) is 0.235. The molecule has 0 bridgehead atoms. The zero-order valence-electron chi connectivity index (χ0n) is 12.9. The third kappa shape index (κ3) is 2.61. The maximum Gasteiger partial charge on any atom is 0.271 e. The van der Waals surface area contributed by atoms with Crippen molar-refractivity contribution >= 4 is 44.7 Å². The monoisotopic (exact) mass is 359 g/mol. The summed E-state index contributed by atoms with van der Waals surface area (Å²) < 4.78 is 2.22. The first kappa shape index (κ1) is 15.4. The number of rotatable bonds is 3.